The van der Waals surface area contributed by atoms with Crippen LogP contribution in [0.5, 0.6) is 0 Å². The van der Waals surface area contributed by atoms with E-state index in [1.807, 2.05) is 6.07 Å². The number of nitriles is 1. The van der Waals surface area contributed by atoms with Crippen LogP contribution in [0.1, 0.15) is 0 Å². The first kappa shape index (κ1) is 6.41. The standard InChI is InChI=1S/C4H9N3/c1-7-3-4(6)2-5/h4,7H,3,6H2,1H3. The molecule has 0 saturated heterocycles. The summed E-state index contributed by atoms with van der Waals surface area (Å²) in [6.45, 7) is 0.566. The monoisotopic (exact) mass is 99.1 g/mol. The zero-order valence-electron chi connectivity index (χ0n) is 4.31. The van der Waals surface area contributed by atoms with Crippen LogP contribution in [0.2, 0.25) is 0 Å². The Labute approximate surface area is 43.1 Å². The van der Waals surface area contributed by atoms with Gasteiger partial charge in [0.2, 0.25) is 0 Å². The van der Waals surface area contributed by atoms with Crippen molar-refractivity contribution in [2.45, 2.75) is 6.04 Å². The second-order valence-corrected chi connectivity index (χ2v) is 1.29. The van der Waals surface area contributed by atoms with Gasteiger partial charge in [0.05, 0.1) is 6.07 Å². The number of likely N-dealkylation sites (N-methyl/N-ethyl adjacent to an activating group) is 1. The van der Waals surface area contributed by atoms with E-state index in [0.29, 0.717) is 6.54 Å². The lowest BCUT2D eigenvalue weighted by atomic mass is 10.4. The van der Waals surface area contributed by atoms with Crippen LogP contribution in [0.4, 0.5) is 0 Å². The maximum absolute atomic E-state index is 8.05. The van der Waals surface area contributed by atoms with Crippen LogP contribution in [-0.4, -0.2) is 19.6 Å². The Balaban J connectivity index is 3.04. The lowest BCUT2D eigenvalue weighted by Gasteiger charge is -1.96. The van der Waals surface area contributed by atoms with Crippen LogP contribution < -0.4 is 11.1 Å². The van der Waals surface area contributed by atoms with Gasteiger partial charge in [0, 0.05) is 6.54 Å². The Morgan fingerprint density at radius 3 is 2.71 bits per heavy atom. The fourth-order valence-corrected chi connectivity index (χ4v) is 0.266. The molecule has 0 heterocycles. The van der Waals surface area contributed by atoms with Crippen molar-refractivity contribution in [2.75, 3.05) is 13.6 Å². The summed E-state index contributed by atoms with van der Waals surface area (Å²) < 4.78 is 0. The summed E-state index contributed by atoms with van der Waals surface area (Å²) in [5.74, 6) is 0. The molecule has 0 aliphatic carbocycles. The number of nitrogens with two attached hydrogens (primary N) is 1. The first-order chi connectivity index (χ1) is 3.31. The molecule has 0 aromatic heterocycles. The third-order valence-electron chi connectivity index (χ3n) is 0.590. The summed E-state index contributed by atoms with van der Waals surface area (Å²) in [7, 11) is 1.76. The van der Waals surface area contributed by atoms with Gasteiger partial charge in [0.1, 0.15) is 6.04 Å². The highest BCUT2D eigenvalue weighted by Gasteiger charge is 1.92. The minimum Gasteiger partial charge on any atom is -0.317 e. The maximum atomic E-state index is 8.05. The second-order valence-electron chi connectivity index (χ2n) is 1.29. The second kappa shape index (κ2) is 3.59. The van der Waals surface area contributed by atoms with Crippen molar-refractivity contribution < 1.29 is 0 Å². The predicted molar refractivity (Wildman–Crippen MR) is 27.5 cm³/mol. The molecule has 1 unspecified atom stereocenters. The summed E-state index contributed by atoms with van der Waals surface area (Å²) >= 11 is 0. The number of hydrogen-bond donors (Lipinski definition) is 2. The highest BCUT2D eigenvalue weighted by Crippen LogP contribution is 1.64. The number of hydrogen-bond acceptors (Lipinski definition) is 3. The third kappa shape index (κ3) is 3.23. The van der Waals surface area contributed by atoms with Crippen molar-refractivity contribution >= 4 is 0 Å². The molecule has 3 nitrogen and oxygen atoms in total. The van der Waals surface area contributed by atoms with Crippen LogP contribution in [0.3, 0.4) is 0 Å². The molecule has 0 aliphatic rings. The molecule has 0 bridgehead atoms. The van der Waals surface area contributed by atoms with Crippen molar-refractivity contribution in [1.82, 2.24) is 5.32 Å². The molecule has 0 aromatic carbocycles. The summed E-state index contributed by atoms with van der Waals surface area (Å²) in [4.78, 5) is 0. The highest BCUT2D eigenvalue weighted by molar-refractivity contribution is 4.87. The largest absolute Gasteiger partial charge is 0.317 e. The average Bonchev–Trinajstić information content (AvgIpc) is 1.68. The molecule has 3 N–H and O–H groups in total. The molecule has 1 atom stereocenters. The van der Waals surface area contributed by atoms with E-state index in [9.17, 15) is 0 Å². The Bertz CT molecular complexity index is 73.5. The van der Waals surface area contributed by atoms with Gasteiger partial charge in [-0.15, -0.1) is 0 Å². The van der Waals surface area contributed by atoms with Gasteiger partial charge in [-0.05, 0) is 7.05 Å². The van der Waals surface area contributed by atoms with Crippen molar-refractivity contribution in [3.63, 3.8) is 0 Å². The van der Waals surface area contributed by atoms with Crippen molar-refractivity contribution in [2.24, 2.45) is 5.73 Å². The normalized spacial score (nSPS) is 12.7. The van der Waals surface area contributed by atoms with E-state index in [4.69, 9.17) is 11.0 Å². The van der Waals surface area contributed by atoms with Crippen LogP contribution >= 0.6 is 0 Å². The lowest BCUT2D eigenvalue weighted by Crippen LogP contribution is -2.29. The molecule has 40 valence electrons. The fraction of sp³-hybridized carbons (Fsp3) is 0.750. The van der Waals surface area contributed by atoms with Gasteiger partial charge in [-0.25, -0.2) is 0 Å². The van der Waals surface area contributed by atoms with Crippen molar-refractivity contribution in [3.05, 3.63) is 0 Å². The first-order valence-electron chi connectivity index (χ1n) is 2.11. The third-order valence-corrected chi connectivity index (χ3v) is 0.590. The zero-order valence-corrected chi connectivity index (χ0v) is 4.31. The number of nitrogens with zero attached hydrogens (tertiary/aromatic N) is 1. The lowest BCUT2D eigenvalue weighted by molar-refractivity contribution is 0.721. The van der Waals surface area contributed by atoms with Gasteiger partial charge in [-0.1, -0.05) is 0 Å². The summed E-state index contributed by atoms with van der Waals surface area (Å²) in [6, 6.07) is 1.52. The maximum Gasteiger partial charge on any atom is 0.105 e. The highest BCUT2D eigenvalue weighted by atomic mass is 14.9. The molecule has 0 aliphatic heterocycles. The molecule has 7 heavy (non-hydrogen) atoms. The van der Waals surface area contributed by atoms with Gasteiger partial charge in [0.25, 0.3) is 0 Å². The minimum atomic E-state index is -0.356. The van der Waals surface area contributed by atoms with Crippen molar-refractivity contribution in [3.8, 4) is 6.07 Å². The smallest absolute Gasteiger partial charge is 0.105 e. The van der Waals surface area contributed by atoms with Gasteiger partial charge in [-0.3, -0.25) is 0 Å². The molecule has 0 spiro atoms. The Morgan fingerprint density at radius 2 is 2.57 bits per heavy atom. The topological polar surface area (TPSA) is 61.8 Å². The first-order valence-corrected chi connectivity index (χ1v) is 2.11. The van der Waals surface area contributed by atoms with Gasteiger partial charge in [0.15, 0.2) is 0 Å². The summed E-state index contributed by atoms with van der Waals surface area (Å²) in [5.41, 5.74) is 5.16. The molecular weight excluding hydrogens is 90.1 g/mol. The van der Waals surface area contributed by atoms with E-state index in [0.717, 1.165) is 0 Å². The molecule has 0 rings (SSSR count). The van der Waals surface area contributed by atoms with Crippen molar-refractivity contribution in [1.29, 1.82) is 5.26 Å². The molecular formula is C4H9N3. The molecule has 0 saturated carbocycles. The molecule has 0 radical (unpaired) electrons. The Hall–Kier alpha value is -0.590. The number of rotatable bonds is 2. The Morgan fingerprint density at radius 1 is 2.00 bits per heavy atom. The van der Waals surface area contributed by atoms with Gasteiger partial charge in [-0.2, -0.15) is 5.26 Å². The van der Waals surface area contributed by atoms with E-state index >= 15 is 0 Å². The quantitative estimate of drug-likeness (QED) is 0.469. The van der Waals surface area contributed by atoms with Crippen LogP contribution in [-0.2, 0) is 0 Å². The van der Waals surface area contributed by atoms with Crippen LogP contribution in [0.15, 0.2) is 0 Å². The molecule has 0 fully saturated rings. The summed E-state index contributed by atoms with van der Waals surface area (Å²) in [6.07, 6.45) is 0. The van der Waals surface area contributed by atoms with Crippen LogP contribution in [0, 0.1) is 11.3 Å². The Kier molecular flexibility index (Phi) is 3.29. The minimum absolute atomic E-state index is 0.356. The van der Waals surface area contributed by atoms with E-state index in [1.165, 1.54) is 0 Å². The zero-order chi connectivity index (χ0) is 5.70. The van der Waals surface area contributed by atoms with Gasteiger partial charge >= 0.3 is 0 Å². The van der Waals surface area contributed by atoms with Crippen LogP contribution in [0.25, 0.3) is 0 Å². The van der Waals surface area contributed by atoms with Gasteiger partial charge < -0.3 is 11.1 Å². The number of nitrogens with one attached hydrogen (secondary N) is 1. The van der Waals surface area contributed by atoms with E-state index in [-0.39, 0.29) is 6.04 Å². The summed E-state index contributed by atoms with van der Waals surface area (Å²) in [5, 5.41) is 10.8. The van der Waals surface area contributed by atoms with E-state index < -0.39 is 0 Å². The molecule has 0 amide bonds. The average molecular weight is 99.1 g/mol. The van der Waals surface area contributed by atoms with E-state index in [2.05, 4.69) is 5.32 Å². The van der Waals surface area contributed by atoms with E-state index in [1.54, 1.807) is 7.05 Å². The SMILES string of the molecule is CNCC(N)C#N. The fourth-order valence-electron chi connectivity index (χ4n) is 0.266. The molecule has 0 aromatic rings. The predicted octanol–water partition coefficient (Wildman–Crippen LogP) is -0.943. The molecule has 3 heteroatoms.